The lowest BCUT2D eigenvalue weighted by atomic mass is 10.2. The average Bonchev–Trinajstić information content (AvgIpc) is 2.86. The molecule has 16 heavy (non-hydrogen) atoms. The molecule has 3 nitrogen and oxygen atoms in total. The molecular formula is C11H11BrFN3. The first-order valence-corrected chi connectivity index (χ1v) is 6.10. The van der Waals surface area contributed by atoms with Crippen LogP contribution in [0.4, 0.5) is 4.39 Å². The third-order valence-electron chi connectivity index (χ3n) is 2.93. The molecule has 2 aromatic heterocycles. The van der Waals surface area contributed by atoms with Gasteiger partial charge in [-0.3, -0.25) is 0 Å². The molecule has 1 aliphatic heterocycles. The molecule has 0 aromatic carbocycles. The van der Waals surface area contributed by atoms with Gasteiger partial charge in [0.05, 0.1) is 16.2 Å². The van der Waals surface area contributed by atoms with E-state index in [0.717, 1.165) is 18.7 Å². The zero-order valence-electron chi connectivity index (χ0n) is 8.58. The Morgan fingerprint density at radius 1 is 1.50 bits per heavy atom. The fraction of sp³-hybridized carbons (Fsp3) is 0.364. The molecule has 5 heteroatoms. The van der Waals surface area contributed by atoms with Crippen molar-refractivity contribution in [2.24, 2.45) is 0 Å². The van der Waals surface area contributed by atoms with Crippen molar-refractivity contribution in [3.8, 4) is 0 Å². The minimum Gasteiger partial charge on any atom is -0.309 e. The van der Waals surface area contributed by atoms with Crippen molar-refractivity contribution < 1.29 is 4.39 Å². The largest absolute Gasteiger partial charge is 0.309 e. The van der Waals surface area contributed by atoms with Gasteiger partial charge in [-0.25, -0.2) is 9.37 Å². The summed E-state index contributed by atoms with van der Waals surface area (Å²) in [5.41, 5.74) is 1.65. The van der Waals surface area contributed by atoms with Gasteiger partial charge in [0.2, 0.25) is 0 Å². The van der Waals surface area contributed by atoms with E-state index in [4.69, 9.17) is 0 Å². The Labute approximate surface area is 101 Å². The first-order chi connectivity index (χ1) is 7.74. The van der Waals surface area contributed by atoms with Crippen LogP contribution in [-0.4, -0.2) is 15.9 Å². The zero-order chi connectivity index (χ0) is 11.1. The highest BCUT2D eigenvalue weighted by Crippen LogP contribution is 2.24. The van der Waals surface area contributed by atoms with Crippen LogP contribution < -0.4 is 5.32 Å². The van der Waals surface area contributed by atoms with Crippen LogP contribution in [-0.2, 0) is 0 Å². The molecule has 0 saturated carbocycles. The van der Waals surface area contributed by atoms with E-state index in [1.54, 1.807) is 6.20 Å². The second-order valence-electron chi connectivity index (χ2n) is 4.05. The minimum atomic E-state index is -0.274. The summed E-state index contributed by atoms with van der Waals surface area (Å²) in [4.78, 5) is 4.44. The van der Waals surface area contributed by atoms with E-state index in [1.807, 2.05) is 10.6 Å². The van der Waals surface area contributed by atoms with Gasteiger partial charge in [0.25, 0.3) is 0 Å². The maximum Gasteiger partial charge on any atom is 0.142 e. The molecule has 0 radical (unpaired) electrons. The highest BCUT2D eigenvalue weighted by Gasteiger charge is 2.19. The van der Waals surface area contributed by atoms with E-state index in [-0.39, 0.29) is 5.82 Å². The third kappa shape index (κ3) is 1.64. The quantitative estimate of drug-likeness (QED) is 0.872. The van der Waals surface area contributed by atoms with E-state index in [1.165, 1.54) is 12.5 Å². The normalized spacial score (nSPS) is 20.8. The highest BCUT2D eigenvalue weighted by molar-refractivity contribution is 9.10. The molecule has 84 valence electrons. The maximum atomic E-state index is 13.3. The summed E-state index contributed by atoms with van der Waals surface area (Å²) in [6.45, 7) is 1.04. The van der Waals surface area contributed by atoms with Crippen molar-refractivity contribution >= 4 is 21.6 Å². The predicted molar refractivity (Wildman–Crippen MR) is 62.8 cm³/mol. The number of imidazole rings is 1. The topological polar surface area (TPSA) is 29.3 Å². The SMILES string of the molecule is Fc1cc2nc([C@H]3CCCN3)cn2cc1Br. The van der Waals surface area contributed by atoms with Crippen molar-refractivity contribution in [2.75, 3.05) is 6.54 Å². The number of aromatic nitrogens is 2. The van der Waals surface area contributed by atoms with Crippen LogP contribution in [0.5, 0.6) is 0 Å². The molecule has 2 aromatic rings. The van der Waals surface area contributed by atoms with Crippen LogP contribution in [0.1, 0.15) is 24.6 Å². The van der Waals surface area contributed by atoms with Crippen LogP contribution in [0.3, 0.4) is 0 Å². The van der Waals surface area contributed by atoms with Gasteiger partial charge in [0.1, 0.15) is 11.5 Å². The average molecular weight is 284 g/mol. The molecule has 3 heterocycles. The Bertz CT molecular complexity index is 492. The van der Waals surface area contributed by atoms with Crippen LogP contribution >= 0.6 is 15.9 Å². The maximum absolute atomic E-state index is 13.3. The molecule has 1 atom stereocenters. The Morgan fingerprint density at radius 2 is 2.38 bits per heavy atom. The lowest BCUT2D eigenvalue weighted by molar-refractivity contribution is 0.619. The summed E-state index contributed by atoms with van der Waals surface area (Å²) >= 11 is 3.17. The lowest BCUT2D eigenvalue weighted by Crippen LogP contribution is -2.12. The van der Waals surface area contributed by atoms with Crippen LogP contribution in [0.25, 0.3) is 5.65 Å². The second kappa shape index (κ2) is 3.82. The number of halogens is 2. The van der Waals surface area contributed by atoms with E-state index in [2.05, 4.69) is 26.2 Å². The Morgan fingerprint density at radius 3 is 3.12 bits per heavy atom. The Hall–Kier alpha value is -0.940. The zero-order valence-corrected chi connectivity index (χ0v) is 10.2. The van der Waals surface area contributed by atoms with Gasteiger partial charge in [-0.05, 0) is 35.3 Å². The van der Waals surface area contributed by atoms with Crippen molar-refractivity contribution in [1.29, 1.82) is 0 Å². The predicted octanol–water partition coefficient (Wildman–Crippen LogP) is 2.66. The molecule has 0 spiro atoms. The van der Waals surface area contributed by atoms with Crippen molar-refractivity contribution in [3.63, 3.8) is 0 Å². The number of pyridine rings is 1. The first-order valence-electron chi connectivity index (χ1n) is 5.31. The number of hydrogen-bond donors (Lipinski definition) is 1. The molecule has 0 amide bonds. The van der Waals surface area contributed by atoms with Gasteiger partial charge in [-0.1, -0.05) is 0 Å². The molecule has 0 aliphatic carbocycles. The van der Waals surface area contributed by atoms with Gasteiger partial charge in [0.15, 0.2) is 0 Å². The fourth-order valence-corrected chi connectivity index (χ4v) is 2.44. The Balaban J connectivity index is 2.08. The molecule has 1 aliphatic rings. The van der Waals surface area contributed by atoms with Crippen LogP contribution in [0.2, 0.25) is 0 Å². The summed E-state index contributed by atoms with van der Waals surface area (Å²) in [5, 5.41) is 3.38. The van der Waals surface area contributed by atoms with Crippen molar-refractivity contribution in [3.05, 3.63) is 34.4 Å². The molecule has 1 fully saturated rings. The lowest BCUT2D eigenvalue weighted by Gasteiger charge is -2.04. The highest BCUT2D eigenvalue weighted by atomic mass is 79.9. The fourth-order valence-electron chi connectivity index (χ4n) is 2.11. The van der Waals surface area contributed by atoms with Gasteiger partial charge >= 0.3 is 0 Å². The number of rotatable bonds is 1. The number of hydrogen-bond acceptors (Lipinski definition) is 2. The smallest absolute Gasteiger partial charge is 0.142 e. The third-order valence-corrected chi connectivity index (χ3v) is 3.52. The van der Waals surface area contributed by atoms with Crippen LogP contribution in [0.15, 0.2) is 22.9 Å². The number of fused-ring (bicyclic) bond motifs is 1. The van der Waals surface area contributed by atoms with E-state index in [9.17, 15) is 4.39 Å². The van der Waals surface area contributed by atoms with Gasteiger partial charge < -0.3 is 9.72 Å². The minimum absolute atomic E-state index is 0.274. The molecule has 3 rings (SSSR count). The van der Waals surface area contributed by atoms with Gasteiger partial charge in [0, 0.05) is 18.5 Å². The number of nitrogens with one attached hydrogen (secondary N) is 1. The summed E-state index contributed by atoms with van der Waals surface area (Å²) in [6.07, 6.45) is 5.95. The number of nitrogens with zero attached hydrogens (tertiary/aromatic N) is 2. The summed E-state index contributed by atoms with van der Waals surface area (Å²) < 4.78 is 15.6. The molecule has 1 N–H and O–H groups in total. The second-order valence-corrected chi connectivity index (χ2v) is 4.90. The standard InChI is InChI=1S/C11H11BrFN3/c12-7-5-16-6-10(9-2-1-3-14-9)15-11(16)4-8(7)13/h4-6,9,14H,1-3H2/t9-/m1/s1. The van der Waals surface area contributed by atoms with E-state index < -0.39 is 0 Å². The van der Waals surface area contributed by atoms with Crippen molar-refractivity contribution in [1.82, 2.24) is 14.7 Å². The molecular weight excluding hydrogens is 273 g/mol. The molecule has 0 unspecified atom stereocenters. The molecule has 1 saturated heterocycles. The summed E-state index contributed by atoms with van der Waals surface area (Å²) in [7, 11) is 0. The van der Waals surface area contributed by atoms with E-state index in [0.29, 0.717) is 16.2 Å². The summed E-state index contributed by atoms with van der Waals surface area (Å²) in [6, 6.07) is 1.77. The Kier molecular flexibility index (Phi) is 2.44. The molecule has 0 bridgehead atoms. The first kappa shape index (κ1) is 10.2. The van der Waals surface area contributed by atoms with Crippen molar-refractivity contribution in [2.45, 2.75) is 18.9 Å². The van der Waals surface area contributed by atoms with Gasteiger partial charge in [-0.2, -0.15) is 0 Å². The van der Waals surface area contributed by atoms with Gasteiger partial charge in [-0.15, -0.1) is 0 Å². The monoisotopic (exact) mass is 283 g/mol. The summed E-state index contributed by atoms with van der Waals surface area (Å²) in [5.74, 6) is -0.274. The van der Waals surface area contributed by atoms with E-state index >= 15 is 0 Å². The van der Waals surface area contributed by atoms with Crippen LogP contribution in [0, 0.1) is 5.82 Å².